The van der Waals surface area contributed by atoms with Gasteiger partial charge in [0, 0.05) is 16.7 Å². The smallest absolute Gasteiger partial charge is 0.339 e. The Morgan fingerprint density at radius 1 is 1.20 bits per heavy atom. The Labute approximate surface area is 203 Å². The number of benzene rings is 1. The molecule has 0 aromatic heterocycles. The van der Waals surface area contributed by atoms with Gasteiger partial charge in [0.25, 0.3) is 0 Å². The van der Waals surface area contributed by atoms with Crippen LogP contribution in [0.25, 0.3) is 0 Å². The molecule has 4 aliphatic rings. The molecule has 7 heteroatoms. The molecule has 0 amide bonds. The van der Waals surface area contributed by atoms with Crippen molar-refractivity contribution in [2.75, 3.05) is 6.61 Å². The van der Waals surface area contributed by atoms with Crippen LogP contribution in [0.3, 0.4) is 0 Å². The van der Waals surface area contributed by atoms with Gasteiger partial charge in [0.1, 0.15) is 12.8 Å². The lowest BCUT2D eigenvalue weighted by Gasteiger charge is -2.60. The van der Waals surface area contributed by atoms with Gasteiger partial charge in [0.15, 0.2) is 11.4 Å². The Morgan fingerprint density at radius 2 is 1.91 bits per heavy atom. The zero-order valence-corrected chi connectivity index (χ0v) is 19.9. The summed E-state index contributed by atoms with van der Waals surface area (Å²) in [6.45, 7) is 2.90. The zero-order chi connectivity index (χ0) is 25.2. The van der Waals surface area contributed by atoms with Crippen molar-refractivity contribution in [2.45, 2.75) is 57.4 Å². The van der Waals surface area contributed by atoms with E-state index in [1.54, 1.807) is 36.4 Å². The summed E-state index contributed by atoms with van der Waals surface area (Å²) >= 11 is 0. The van der Waals surface area contributed by atoms with Gasteiger partial charge in [-0.2, -0.15) is 0 Å². The van der Waals surface area contributed by atoms with Crippen LogP contribution in [0.1, 0.15) is 49.9 Å². The van der Waals surface area contributed by atoms with Crippen LogP contribution in [0.15, 0.2) is 54.1 Å². The number of ether oxygens (including phenoxy) is 1. The molecule has 1 aromatic rings. The molecule has 2 N–H and O–H groups in total. The van der Waals surface area contributed by atoms with Gasteiger partial charge in [0.05, 0.1) is 11.7 Å². The SMILES string of the molecule is C[C@]12C=CC(=O)C=C1C(F)C[C@@H]1[C@@H]2[C@@H](O)C[C@@]2(C)[C@H]1CC[C@@]2(OC(=O)c1ccccc1)C(=O)CO. The molecule has 35 heavy (non-hydrogen) atoms. The van der Waals surface area contributed by atoms with E-state index in [-0.39, 0.29) is 42.8 Å². The maximum atomic E-state index is 15.5. The highest BCUT2D eigenvalue weighted by atomic mass is 19.1. The van der Waals surface area contributed by atoms with Crippen LogP contribution in [0.4, 0.5) is 4.39 Å². The number of ketones is 2. The molecule has 5 rings (SSSR count). The Balaban J connectivity index is 1.55. The summed E-state index contributed by atoms with van der Waals surface area (Å²) < 4.78 is 21.5. The molecule has 186 valence electrons. The highest BCUT2D eigenvalue weighted by molar-refractivity contribution is 6.01. The molecule has 0 radical (unpaired) electrons. The quantitative estimate of drug-likeness (QED) is 0.639. The fraction of sp³-hybridized carbons (Fsp3) is 0.536. The molecule has 1 unspecified atom stereocenters. The van der Waals surface area contributed by atoms with E-state index in [0.29, 0.717) is 17.6 Å². The number of aliphatic hydroxyl groups excluding tert-OH is 2. The number of alkyl halides is 1. The molecule has 1 aromatic carbocycles. The van der Waals surface area contributed by atoms with E-state index in [4.69, 9.17) is 4.74 Å². The molecule has 4 aliphatic carbocycles. The standard InChI is InChI=1S/C28H31FO6/c1-26-10-8-17(31)12-20(26)21(29)13-18-19-9-11-28(23(33)15-30,27(19,2)14-22(32)24(18)26)35-25(34)16-6-4-3-5-7-16/h3-8,10,12,18-19,21-22,24,30,32H,9,11,13-15H2,1-2H3/t18-,19-,21?,22-,24+,26-,27-,28+/m0/s1. The predicted molar refractivity (Wildman–Crippen MR) is 125 cm³/mol. The van der Waals surface area contributed by atoms with Crippen LogP contribution in [-0.4, -0.2) is 52.2 Å². The number of hydrogen-bond donors (Lipinski definition) is 2. The van der Waals surface area contributed by atoms with Gasteiger partial charge in [-0.3, -0.25) is 9.59 Å². The molecule has 8 atom stereocenters. The van der Waals surface area contributed by atoms with Crippen LogP contribution >= 0.6 is 0 Å². The third-order valence-electron chi connectivity index (χ3n) is 9.47. The van der Waals surface area contributed by atoms with Crippen molar-refractivity contribution in [3.8, 4) is 0 Å². The van der Waals surface area contributed by atoms with E-state index < -0.39 is 47.1 Å². The normalized spacial score (nSPS) is 41.9. The number of fused-ring (bicyclic) bond motifs is 5. The Bertz CT molecular complexity index is 1130. The number of esters is 1. The van der Waals surface area contributed by atoms with Gasteiger partial charge >= 0.3 is 5.97 Å². The van der Waals surface area contributed by atoms with Crippen LogP contribution in [0.5, 0.6) is 0 Å². The van der Waals surface area contributed by atoms with Gasteiger partial charge in [-0.05, 0) is 67.4 Å². The molecular formula is C28H31FO6. The molecule has 0 bridgehead atoms. The van der Waals surface area contributed by atoms with Gasteiger partial charge < -0.3 is 14.9 Å². The summed E-state index contributed by atoms with van der Waals surface area (Å²) in [7, 11) is 0. The van der Waals surface area contributed by atoms with Crippen molar-refractivity contribution in [3.05, 3.63) is 59.7 Å². The summed E-state index contributed by atoms with van der Waals surface area (Å²) in [5.74, 6) is -2.35. The van der Waals surface area contributed by atoms with Crippen LogP contribution in [-0.2, 0) is 14.3 Å². The van der Waals surface area contributed by atoms with Gasteiger partial charge in [-0.25, -0.2) is 9.18 Å². The number of allylic oxidation sites excluding steroid dienone is 4. The third-order valence-corrected chi connectivity index (χ3v) is 9.47. The lowest BCUT2D eigenvalue weighted by molar-refractivity contribution is -0.181. The Morgan fingerprint density at radius 3 is 2.60 bits per heavy atom. The van der Waals surface area contributed by atoms with E-state index in [0.717, 1.165) is 0 Å². The highest BCUT2D eigenvalue weighted by Crippen LogP contribution is 2.68. The van der Waals surface area contributed by atoms with Crippen molar-refractivity contribution in [1.82, 2.24) is 0 Å². The molecule has 6 nitrogen and oxygen atoms in total. The van der Waals surface area contributed by atoms with Crippen LogP contribution in [0, 0.1) is 28.6 Å². The maximum Gasteiger partial charge on any atom is 0.339 e. The third kappa shape index (κ3) is 3.31. The minimum Gasteiger partial charge on any atom is -0.447 e. The number of rotatable bonds is 4. The zero-order valence-electron chi connectivity index (χ0n) is 19.9. The highest BCUT2D eigenvalue weighted by Gasteiger charge is 2.71. The topological polar surface area (TPSA) is 101 Å². The summed E-state index contributed by atoms with van der Waals surface area (Å²) in [6.07, 6.45) is 3.24. The maximum absolute atomic E-state index is 15.5. The fourth-order valence-electron chi connectivity index (χ4n) is 7.92. The largest absolute Gasteiger partial charge is 0.447 e. The lowest BCUT2D eigenvalue weighted by atomic mass is 9.46. The van der Waals surface area contributed by atoms with Crippen molar-refractivity contribution in [3.63, 3.8) is 0 Å². The summed E-state index contributed by atoms with van der Waals surface area (Å²) in [4.78, 5) is 38.4. The second-order valence-corrected chi connectivity index (χ2v) is 11.0. The van der Waals surface area contributed by atoms with E-state index in [2.05, 4.69) is 0 Å². The number of hydrogen-bond acceptors (Lipinski definition) is 6. The van der Waals surface area contributed by atoms with E-state index in [1.807, 2.05) is 13.8 Å². The molecule has 3 saturated carbocycles. The molecule has 0 saturated heterocycles. The molecular weight excluding hydrogens is 451 g/mol. The first-order valence-electron chi connectivity index (χ1n) is 12.3. The number of aliphatic hydroxyl groups is 2. The minimum atomic E-state index is -1.62. The molecule has 0 aliphatic heterocycles. The second-order valence-electron chi connectivity index (χ2n) is 11.0. The number of carbonyl (C=O) groups is 3. The van der Waals surface area contributed by atoms with Crippen LogP contribution < -0.4 is 0 Å². The van der Waals surface area contributed by atoms with Crippen molar-refractivity contribution in [1.29, 1.82) is 0 Å². The summed E-state index contributed by atoms with van der Waals surface area (Å²) in [6, 6.07) is 8.36. The first kappa shape index (κ1) is 24.1. The van der Waals surface area contributed by atoms with Gasteiger partial charge in [-0.1, -0.05) is 38.1 Å². The summed E-state index contributed by atoms with van der Waals surface area (Å²) in [5, 5.41) is 21.4. The number of Topliss-reactive ketones (excluding diaryl/α,β-unsaturated/α-hetero) is 1. The fourth-order valence-corrected chi connectivity index (χ4v) is 7.92. The van der Waals surface area contributed by atoms with Crippen molar-refractivity contribution < 1.29 is 33.7 Å². The Hall–Kier alpha value is -2.64. The molecule has 0 heterocycles. The summed E-state index contributed by atoms with van der Waals surface area (Å²) in [5.41, 5.74) is -2.72. The van der Waals surface area contributed by atoms with E-state index in [9.17, 15) is 24.6 Å². The number of halogens is 1. The second kappa shape index (κ2) is 8.20. The first-order valence-corrected chi connectivity index (χ1v) is 12.3. The van der Waals surface area contributed by atoms with Gasteiger partial charge in [0.2, 0.25) is 5.78 Å². The van der Waals surface area contributed by atoms with Crippen LogP contribution in [0.2, 0.25) is 0 Å². The van der Waals surface area contributed by atoms with Crippen molar-refractivity contribution in [2.24, 2.45) is 28.6 Å². The monoisotopic (exact) mass is 482 g/mol. The van der Waals surface area contributed by atoms with Gasteiger partial charge in [-0.15, -0.1) is 0 Å². The molecule has 3 fully saturated rings. The lowest BCUT2D eigenvalue weighted by Crippen LogP contribution is -2.63. The average molecular weight is 483 g/mol. The van der Waals surface area contributed by atoms with Crippen molar-refractivity contribution >= 4 is 17.5 Å². The minimum absolute atomic E-state index is 0.126. The number of carbonyl (C=O) groups excluding carboxylic acids is 3. The average Bonchev–Trinajstić information content (AvgIpc) is 3.12. The Kier molecular flexibility index (Phi) is 5.64. The predicted octanol–water partition coefficient (Wildman–Crippen LogP) is 3.37. The van der Waals surface area contributed by atoms with E-state index >= 15 is 4.39 Å². The first-order chi connectivity index (χ1) is 16.6. The van der Waals surface area contributed by atoms with E-state index in [1.165, 1.54) is 12.2 Å². The molecule has 0 spiro atoms.